The molecule has 6 heteroatoms. The number of nitrogens with zero attached hydrogens (tertiary/aromatic N) is 2. The molecule has 4 nitrogen and oxygen atoms in total. The predicted molar refractivity (Wildman–Crippen MR) is 89.4 cm³/mol. The SMILES string of the molecule is CC(I)N1CCC(C)(NC(=O)c2ncccc2Cl)CC1. The number of hydrogen-bond donors (Lipinski definition) is 1. The maximum absolute atomic E-state index is 12.3. The Morgan fingerprint density at radius 1 is 1.55 bits per heavy atom. The highest BCUT2D eigenvalue weighted by atomic mass is 127. The molecule has 2 rings (SSSR count). The van der Waals surface area contributed by atoms with E-state index in [0.717, 1.165) is 25.9 Å². The lowest BCUT2D eigenvalue weighted by Gasteiger charge is -2.41. The molecule has 1 aromatic heterocycles. The van der Waals surface area contributed by atoms with E-state index >= 15 is 0 Å². The largest absolute Gasteiger partial charge is 0.345 e. The fourth-order valence-electron chi connectivity index (χ4n) is 2.38. The van der Waals surface area contributed by atoms with Crippen molar-refractivity contribution in [2.75, 3.05) is 13.1 Å². The number of aromatic nitrogens is 1. The molecule has 1 amide bonds. The predicted octanol–water partition coefficient (Wildman–Crippen LogP) is 3.10. The van der Waals surface area contributed by atoms with E-state index in [-0.39, 0.29) is 11.4 Å². The smallest absolute Gasteiger partial charge is 0.271 e. The Kier molecular flexibility index (Phi) is 5.25. The molecule has 1 fully saturated rings. The lowest BCUT2D eigenvalue weighted by molar-refractivity contribution is 0.0829. The first-order chi connectivity index (χ1) is 9.41. The average Bonchev–Trinajstić information content (AvgIpc) is 2.39. The van der Waals surface area contributed by atoms with Gasteiger partial charge in [-0.3, -0.25) is 9.69 Å². The number of piperidine rings is 1. The maximum Gasteiger partial charge on any atom is 0.271 e. The number of halogens is 2. The van der Waals surface area contributed by atoms with E-state index in [1.807, 2.05) is 0 Å². The first-order valence-corrected chi connectivity index (χ1v) is 8.35. The molecule has 0 saturated carbocycles. The molecule has 0 aromatic carbocycles. The van der Waals surface area contributed by atoms with Crippen molar-refractivity contribution < 1.29 is 4.79 Å². The van der Waals surface area contributed by atoms with Crippen LogP contribution in [0.4, 0.5) is 0 Å². The van der Waals surface area contributed by atoms with Crippen molar-refractivity contribution in [2.24, 2.45) is 0 Å². The first-order valence-electron chi connectivity index (χ1n) is 6.72. The van der Waals surface area contributed by atoms with Gasteiger partial charge in [-0.1, -0.05) is 34.2 Å². The van der Waals surface area contributed by atoms with Gasteiger partial charge in [0.15, 0.2) is 0 Å². The molecule has 1 aliphatic rings. The van der Waals surface area contributed by atoms with Crippen LogP contribution >= 0.6 is 34.2 Å². The van der Waals surface area contributed by atoms with Gasteiger partial charge in [-0.25, -0.2) is 4.98 Å². The summed E-state index contributed by atoms with van der Waals surface area (Å²) in [5.74, 6) is -0.186. The number of carbonyl (C=O) groups excluding carboxylic acids is 1. The van der Waals surface area contributed by atoms with Gasteiger partial charge in [0, 0.05) is 24.8 Å². The third kappa shape index (κ3) is 3.83. The lowest BCUT2D eigenvalue weighted by Crippen LogP contribution is -2.54. The van der Waals surface area contributed by atoms with Crippen LogP contribution < -0.4 is 5.32 Å². The molecule has 1 saturated heterocycles. The minimum atomic E-state index is -0.186. The van der Waals surface area contributed by atoms with Crippen LogP contribution in [-0.4, -0.2) is 38.5 Å². The Morgan fingerprint density at radius 2 is 2.20 bits per heavy atom. The summed E-state index contributed by atoms with van der Waals surface area (Å²) >= 11 is 8.44. The zero-order chi connectivity index (χ0) is 14.8. The summed E-state index contributed by atoms with van der Waals surface area (Å²) in [5.41, 5.74) is 0.125. The van der Waals surface area contributed by atoms with Crippen molar-refractivity contribution in [3.05, 3.63) is 29.0 Å². The summed E-state index contributed by atoms with van der Waals surface area (Å²) in [5, 5.41) is 3.49. The molecule has 20 heavy (non-hydrogen) atoms. The lowest BCUT2D eigenvalue weighted by atomic mass is 9.89. The molecule has 1 aliphatic heterocycles. The molecule has 1 aromatic rings. The zero-order valence-corrected chi connectivity index (χ0v) is 14.6. The number of carbonyl (C=O) groups is 1. The van der Waals surface area contributed by atoms with Gasteiger partial charge in [-0.15, -0.1) is 0 Å². The summed E-state index contributed by atoms with van der Waals surface area (Å²) < 4.78 is 0.526. The van der Waals surface area contributed by atoms with E-state index in [1.54, 1.807) is 18.3 Å². The van der Waals surface area contributed by atoms with Crippen LogP contribution in [0, 0.1) is 0 Å². The topological polar surface area (TPSA) is 45.2 Å². The fourth-order valence-corrected chi connectivity index (χ4v) is 3.15. The number of amides is 1. The van der Waals surface area contributed by atoms with Crippen molar-refractivity contribution >= 4 is 40.1 Å². The minimum Gasteiger partial charge on any atom is -0.345 e. The molecule has 2 heterocycles. The fraction of sp³-hybridized carbons (Fsp3) is 0.571. The summed E-state index contributed by atoms with van der Waals surface area (Å²) in [7, 11) is 0. The normalized spacial score (nSPS) is 20.4. The van der Waals surface area contributed by atoms with Crippen LogP contribution in [0.5, 0.6) is 0 Å². The van der Waals surface area contributed by atoms with Crippen molar-refractivity contribution in [3.63, 3.8) is 0 Å². The van der Waals surface area contributed by atoms with Gasteiger partial charge >= 0.3 is 0 Å². The molecule has 110 valence electrons. The van der Waals surface area contributed by atoms with Crippen LogP contribution in [0.2, 0.25) is 5.02 Å². The monoisotopic (exact) mass is 407 g/mol. The third-order valence-electron chi connectivity index (χ3n) is 3.79. The number of nitrogens with one attached hydrogen (secondary N) is 1. The van der Waals surface area contributed by atoms with Gasteiger partial charge in [0.25, 0.3) is 5.91 Å². The highest BCUT2D eigenvalue weighted by molar-refractivity contribution is 14.1. The van der Waals surface area contributed by atoms with Gasteiger partial charge in [-0.2, -0.15) is 0 Å². The van der Waals surface area contributed by atoms with Crippen molar-refractivity contribution in [1.29, 1.82) is 0 Å². The van der Waals surface area contributed by atoms with Gasteiger partial charge in [0.05, 0.1) is 9.07 Å². The van der Waals surface area contributed by atoms with Crippen LogP contribution in [-0.2, 0) is 0 Å². The summed E-state index contributed by atoms with van der Waals surface area (Å²) in [4.78, 5) is 18.8. The number of rotatable bonds is 3. The average molecular weight is 408 g/mol. The van der Waals surface area contributed by atoms with Gasteiger partial charge in [-0.05, 0) is 38.8 Å². The minimum absolute atomic E-state index is 0.181. The Hall–Kier alpha value is -0.400. The van der Waals surface area contributed by atoms with E-state index in [4.69, 9.17) is 11.6 Å². The van der Waals surface area contributed by atoms with E-state index in [2.05, 4.69) is 51.6 Å². The second-order valence-corrected chi connectivity index (χ2v) is 7.67. The molecule has 0 bridgehead atoms. The van der Waals surface area contributed by atoms with Crippen molar-refractivity contribution in [1.82, 2.24) is 15.2 Å². The van der Waals surface area contributed by atoms with E-state index in [9.17, 15) is 4.79 Å². The van der Waals surface area contributed by atoms with Gasteiger partial charge < -0.3 is 5.32 Å². The quantitative estimate of drug-likeness (QED) is 0.476. The number of hydrogen-bond acceptors (Lipinski definition) is 3. The molecule has 0 aliphatic carbocycles. The standard InChI is InChI=1S/C14H19ClIN3O/c1-10(16)19-8-5-14(2,6-9-19)18-13(20)12-11(15)4-3-7-17-12/h3-4,7,10H,5-6,8-9H2,1-2H3,(H,18,20). The Morgan fingerprint density at radius 3 is 2.75 bits per heavy atom. The molecule has 1 N–H and O–H groups in total. The highest BCUT2D eigenvalue weighted by Crippen LogP contribution is 2.25. The van der Waals surface area contributed by atoms with Crippen molar-refractivity contribution in [3.8, 4) is 0 Å². The first kappa shape index (κ1) is 16.0. The second-order valence-electron chi connectivity index (χ2n) is 5.46. The molecule has 0 spiro atoms. The Labute approximate surface area is 138 Å². The Bertz CT molecular complexity index is 487. The molecule has 1 unspecified atom stereocenters. The molecular formula is C14H19ClIN3O. The van der Waals surface area contributed by atoms with Crippen LogP contribution in [0.3, 0.4) is 0 Å². The van der Waals surface area contributed by atoms with Crippen LogP contribution in [0.15, 0.2) is 18.3 Å². The maximum atomic E-state index is 12.3. The number of likely N-dealkylation sites (tertiary alicyclic amines) is 1. The zero-order valence-electron chi connectivity index (χ0n) is 11.7. The van der Waals surface area contributed by atoms with Gasteiger partial charge in [0.1, 0.15) is 5.69 Å². The molecule has 1 atom stereocenters. The highest BCUT2D eigenvalue weighted by Gasteiger charge is 2.33. The van der Waals surface area contributed by atoms with Crippen molar-refractivity contribution in [2.45, 2.75) is 36.3 Å². The second kappa shape index (κ2) is 6.58. The molecule has 0 radical (unpaired) electrons. The van der Waals surface area contributed by atoms with Gasteiger partial charge in [0.2, 0.25) is 0 Å². The Balaban J connectivity index is 2.00. The van der Waals surface area contributed by atoms with E-state index < -0.39 is 0 Å². The summed E-state index contributed by atoms with van der Waals surface area (Å²) in [6.07, 6.45) is 3.47. The van der Waals surface area contributed by atoms with Crippen LogP contribution in [0.1, 0.15) is 37.2 Å². The van der Waals surface area contributed by atoms with Crippen LogP contribution in [0.25, 0.3) is 0 Å². The van der Waals surface area contributed by atoms with E-state index in [1.165, 1.54) is 0 Å². The van der Waals surface area contributed by atoms with E-state index in [0.29, 0.717) is 14.8 Å². The number of pyridine rings is 1. The summed E-state index contributed by atoms with van der Waals surface area (Å²) in [6.45, 7) is 6.28. The number of alkyl halides is 1. The molecular weight excluding hydrogens is 389 g/mol. The summed E-state index contributed by atoms with van der Waals surface area (Å²) in [6, 6.07) is 3.41. The third-order valence-corrected chi connectivity index (χ3v) is 4.89.